The van der Waals surface area contributed by atoms with Gasteiger partial charge in [0, 0.05) is 22.3 Å². The van der Waals surface area contributed by atoms with Crippen LogP contribution in [-0.4, -0.2) is 32.8 Å². The molecule has 0 spiro atoms. The van der Waals surface area contributed by atoms with Gasteiger partial charge < -0.3 is 29.6 Å². The maximum absolute atomic E-state index is 13.5. The summed E-state index contributed by atoms with van der Waals surface area (Å²) >= 11 is 1.38. The summed E-state index contributed by atoms with van der Waals surface area (Å²) in [5, 5.41) is 5.35. The number of anilines is 2. The normalized spacial score (nSPS) is 12.4. The van der Waals surface area contributed by atoms with Gasteiger partial charge in [-0.3, -0.25) is 9.59 Å². The van der Waals surface area contributed by atoms with Gasteiger partial charge in [-0.25, -0.2) is 0 Å². The van der Waals surface area contributed by atoms with E-state index in [9.17, 15) is 9.59 Å². The highest BCUT2D eigenvalue weighted by molar-refractivity contribution is 8.00. The molecule has 0 aliphatic carbocycles. The number of hydrogen-bond donors (Lipinski definition) is 2. The Morgan fingerprint density at radius 2 is 1.46 bits per heavy atom. The van der Waals surface area contributed by atoms with Crippen LogP contribution in [0.25, 0.3) is 0 Å². The molecule has 0 aromatic heterocycles. The zero-order valence-corrected chi connectivity index (χ0v) is 22.1. The molecule has 0 saturated heterocycles. The summed E-state index contributed by atoms with van der Waals surface area (Å²) in [5.74, 6) is 1.48. The van der Waals surface area contributed by atoms with Crippen molar-refractivity contribution in [3.05, 3.63) is 102 Å². The van der Waals surface area contributed by atoms with Gasteiger partial charge in [0.1, 0.15) is 22.3 Å². The quantitative estimate of drug-likeness (QED) is 0.245. The van der Waals surface area contributed by atoms with Crippen LogP contribution in [-0.2, 0) is 4.79 Å². The predicted octanol–water partition coefficient (Wildman–Crippen LogP) is 6.16. The molecule has 39 heavy (non-hydrogen) atoms. The zero-order chi connectivity index (χ0) is 27.2. The van der Waals surface area contributed by atoms with Crippen LogP contribution < -0.4 is 29.6 Å². The van der Waals surface area contributed by atoms with Crippen LogP contribution in [0.5, 0.6) is 23.0 Å². The first kappa shape index (κ1) is 26.0. The average molecular weight is 543 g/mol. The second kappa shape index (κ2) is 11.8. The molecule has 4 aromatic rings. The first-order chi connectivity index (χ1) is 19.1. The Kier molecular flexibility index (Phi) is 7.88. The van der Waals surface area contributed by atoms with E-state index < -0.39 is 5.25 Å². The van der Waals surface area contributed by atoms with Gasteiger partial charge in [-0.15, -0.1) is 11.8 Å². The molecule has 9 heteroatoms. The lowest BCUT2D eigenvalue weighted by atomic mass is 10.1. The molecule has 2 amide bonds. The zero-order valence-electron chi connectivity index (χ0n) is 21.3. The van der Waals surface area contributed by atoms with Crippen molar-refractivity contribution in [1.29, 1.82) is 0 Å². The van der Waals surface area contributed by atoms with Gasteiger partial charge in [0.05, 0.1) is 14.2 Å². The summed E-state index contributed by atoms with van der Waals surface area (Å²) in [6.45, 7) is 0.159. The molecule has 2 N–H and O–H groups in total. The topological polar surface area (TPSA) is 95.1 Å². The SMILES string of the molecule is COc1cccc(OC)c1C(=O)Nc1cccc(SC(C(=O)Nc2ccc3c(c2)OCO3)c2ccccc2)c1. The molecule has 1 aliphatic rings. The Morgan fingerprint density at radius 3 is 2.21 bits per heavy atom. The third kappa shape index (κ3) is 5.94. The molecule has 5 rings (SSSR count). The molecule has 0 saturated carbocycles. The van der Waals surface area contributed by atoms with Crippen LogP contribution in [0.15, 0.2) is 95.9 Å². The molecule has 198 valence electrons. The number of nitrogens with one attached hydrogen (secondary N) is 2. The van der Waals surface area contributed by atoms with Crippen molar-refractivity contribution in [2.45, 2.75) is 10.1 Å². The van der Waals surface area contributed by atoms with Gasteiger partial charge in [-0.1, -0.05) is 42.5 Å². The van der Waals surface area contributed by atoms with E-state index in [4.69, 9.17) is 18.9 Å². The average Bonchev–Trinajstić information content (AvgIpc) is 3.44. The standard InChI is InChI=1S/C30H26N2O6S/c1-35-24-12-7-13-25(36-2)27(24)29(33)31-20-10-6-11-22(16-20)39-28(19-8-4-3-5-9-19)30(34)32-21-14-15-23-26(17-21)38-18-37-23/h3-17,28H,18H2,1-2H3,(H,31,33)(H,32,34). The first-order valence-corrected chi connectivity index (χ1v) is 13.0. The Hall–Kier alpha value is -4.63. The molecule has 1 unspecified atom stereocenters. The van der Waals surface area contributed by atoms with Gasteiger partial charge in [0.2, 0.25) is 12.7 Å². The van der Waals surface area contributed by atoms with Crippen LogP contribution >= 0.6 is 11.8 Å². The fraction of sp³-hybridized carbons (Fsp3) is 0.133. The van der Waals surface area contributed by atoms with Gasteiger partial charge in [0.25, 0.3) is 5.91 Å². The molecular formula is C30H26N2O6S. The predicted molar refractivity (Wildman–Crippen MR) is 150 cm³/mol. The lowest BCUT2D eigenvalue weighted by Gasteiger charge is -2.18. The van der Waals surface area contributed by atoms with E-state index in [0.717, 1.165) is 10.5 Å². The van der Waals surface area contributed by atoms with Crippen LogP contribution in [0, 0.1) is 0 Å². The van der Waals surface area contributed by atoms with E-state index >= 15 is 0 Å². The lowest BCUT2D eigenvalue weighted by molar-refractivity contribution is -0.115. The van der Waals surface area contributed by atoms with E-state index in [1.165, 1.54) is 26.0 Å². The van der Waals surface area contributed by atoms with E-state index in [2.05, 4.69) is 10.6 Å². The van der Waals surface area contributed by atoms with Crippen molar-refractivity contribution in [3.63, 3.8) is 0 Å². The summed E-state index contributed by atoms with van der Waals surface area (Å²) in [6, 6.07) is 27.3. The highest BCUT2D eigenvalue weighted by atomic mass is 32.2. The molecule has 1 heterocycles. The van der Waals surface area contributed by atoms with Crippen LogP contribution in [0.1, 0.15) is 21.2 Å². The van der Waals surface area contributed by atoms with Crippen LogP contribution in [0.4, 0.5) is 11.4 Å². The first-order valence-electron chi connectivity index (χ1n) is 12.1. The van der Waals surface area contributed by atoms with E-state index in [-0.39, 0.29) is 18.6 Å². The molecule has 0 bridgehead atoms. The minimum absolute atomic E-state index is 0.159. The molecule has 1 aliphatic heterocycles. The second-order valence-electron chi connectivity index (χ2n) is 8.49. The number of carbonyl (C=O) groups excluding carboxylic acids is 2. The fourth-order valence-corrected chi connectivity index (χ4v) is 5.22. The smallest absolute Gasteiger partial charge is 0.263 e. The second-order valence-corrected chi connectivity index (χ2v) is 9.66. The number of carbonyl (C=O) groups is 2. The third-order valence-electron chi connectivity index (χ3n) is 5.98. The summed E-state index contributed by atoms with van der Waals surface area (Å²) in [6.07, 6.45) is 0. The van der Waals surface area contributed by atoms with Gasteiger partial charge in [-0.05, 0) is 48.0 Å². The van der Waals surface area contributed by atoms with Crippen molar-refractivity contribution in [1.82, 2.24) is 0 Å². The van der Waals surface area contributed by atoms with Crippen molar-refractivity contribution >= 4 is 35.0 Å². The Labute approximate surface area is 230 Å². The Bertz CT molecular complexity index is 1470. The summed E-state index contributed by atoms with van der Waals surface area (Å²) in [7, 11) is 3.00. The monoisotopic (exact) mass is 542 g/mol. The summed E-state index contributed by atoms with van der Waals surface area (Å²) in [5.41, 5.74) is 2.32. The molecular weight excluding hydrogens is 516 g/mol. The Morgan fingerprint density at radius 1 is 0.769 bits per heavy atom. The maximum atomic E-state index is 13.5. The number of hydrogen-bond acceptors (Lipinski definition) is 7. The molecule has 0 fully saturated rings. The fourth-order valence-electron chi connectivity index (χ4n) is 4.13. The van der Waals surface area contributed by atoms with Crippen molar-refractivity contribution < 1.29 is 28.5 Å². The minimum atomic E-state index is -0.558. The number of thioether (sulfide) groups is 1. The molecule has 8 nitrogen and oxygen atoms in total. The number of ether oxygens (including phenoxy) is 4. The number of fused-ring (bicyclic) bond motifs is 1. The van der Waals surface area contributed by atoms with Crippen molar-refractivity contribution in [3.8, 4) is 23.0 Å². The molecule has 0 radical (unpaired) electrons. The number of amides is 2. The highest BCUT2D eigenvalue weighted by Gasteiger charge is 2.24. The lowest BCUT2D eigenvalue weighted by Crippen LogP contribution is -2.19. The molecule has 1 atom stereocenters. The molecule has 4 aromatic carbocycles. The largest absolute Gasteiger partial charge is 0.496 e. The number of rotatable bonds is 9. The number of methoxy groups -OCH3 is 2. The van der Waals surface area contributed by atoms with Crippen molar-refractivity contribution in [2.75, 3.05) is 31.6 Å². The van der Waals surface area contributed by atoms with Crippen molar-refractivity contribution in [2.24, 2.45) is 0 Å². The van der Waals surface area contributed by atoms with Gasteiger partial charge >= 0.3 is 0 Å². The van der Waals surface area contributed by atoms with Crippen LogP contribution in [0.3, 0.4) is 0 Å². The summed E-state index contributed by atoms with van der Waals surface area (Å²) < 4.78 is 21.5. The Balaban J connectivity index is 1.37. The number of benzene rings is 4. The van der Waals surface area contributed by atoms with Gasteiger partial charge in [-0.2, -0.15) is 0 Å². The van der Waals surface area contributed by atoms with E-state index in [0.29, 0.717) is 39.9 Å². The highest BCUT2D eigenvalue weighted by Crippen LogP contribution is 2.39. The van der Waals surface area contributed by atoms with Crippen LogP contribution in [0.2, 0.25) is 0 Å². The maximum Gasteiger partial charge on any atom is 0.263 e. The third-order valence-corrected chi connectivity index (χ3v) is 7.23. The van der Waals surface area contributed by atoms with E-state index in [1.807, 2.05) is 48.5 Å². The summed E-state index contributed by atoms with van der Waals surface area (Å²) in [4.78, 5) is 27.5. The minimum Gasteiger partial charge on any atom is -0.496 e. The van der Waals surface area contributed by atoms with E-state index in [1.54, 1.807) is 42.5 Å². The van der Waals surface area contributed by atoms with Gasteiger partial charge in [0.15, 0.2) is 11.5 Å².